The van der Waals surface area contributed by atoms with Gasteiger partial charge in [-0.05, 0) is 36.8 Å². The highest BCUT2D eigenvalue weighted by Crippen LogP contribution is 2.22. The third-order valence-electron chi connectivity index (χ3n) is 3.24. The van der Waals surface area contributed by atoms with Crippen molar-refractivity contribution in [1.82, 2.24) is 4.57 Å². The molecule has 0 aliphatic carbocycles. The van der Waals surface area contributed by atoms with Gasteiger partial charge in [-0.2, -0.15) is 0 Å². The van der Waals surface area contributed by atoms with E-state index in [0.29, 0.717) is 13.0 Å². The second-order valence-electron chi connectivity index (χ2n) is 5.11. The van der Waals surface area contributed by atoms with Crippen LogP contribution in [0.2, 0.25) is 0 Å². The van der Waals surface area contributed by atoms with Gasteiger partial charge in [-0.25, -0.2) is 0 Å². The molecule has 0 spiro atoms. The summed E-state index contributed by atoms with van der Waals surface area (Å²) in [7, 11) is 4.00. The number of aryl methyl sites for hydroxylation is 2. The number of benzene rings is 1. The summed E-state index contributed by atoms with van der Waals surface area (Å²) in [4.78, 5) is 14.0. The fourth-order valence-electron chi connectivity index (χ4n) is 2.14. The maximum atomic E-state index is 11.9. The van der Waals surface area contributed by atoms with E-state index in [2.05, 4.69) is 12.2 Å². The molecule has 1 amide bonds. The maximum Gasteiger partial charge on any atom is 0.226 e. The Morgan fingerprint density at radius 1 is 1.25 bits per heavy atom. The van der Waals surface area contributed by atoms with E-state index < -0.39 is 0 Å². The predicted molar refractivity (Wildman–Crippen MR) is 83.2 cm³/mol. The van der Waals surface area contributed by atoms with Crippen LogP contribution in [0.3, 0.4) is 0 Å². The molecule has 2 aromatic rings. The standard InChI is InChI=1S/C16H21N3O/c1-13-6-7-14(12-15(13)18(2)3)17-16(20)8-11-19-9-4-5-10-19/h4-7,9-10,12H,8,11H2,1-3H3,(H,17,20). The summed E-state index contributed by atoms with van der Waals surface area (Å²) in [6.45, 7) is 2.76. The van der Waals surface area contributed by atoms with Gasteiger partial charge in [0.15, 0.2) is 0 Å². The molecule has 0 atom stereocenters. The Labute approximate surface area is 120 Å². The average Bonchev–Trinajstić information content (AvgIpc) is 2.91. The Morgan fingerprint density at radius 3 is 2.60 bits per heavy atom. The van der Waals surface area contributed by atoms with Crippen LogP contribution in [0.1, 0.15) is 12.0 Å². The molecule has 2 rings (SSSR count). The molecule has 0 radical (unpaired) electrons. The zero-order valence-corrected chi connectivity index (χ0v) is 12.3. The largest absolute Gasteiger partial charge is 0.377 e. The van der Waals surface area contributed by atoms with Crippen molar-refractivity contribution in [2.45, 2.75) is 19.9 Å². The lowest BCUT2D eigenvalue weighted by molar-refractivity contribution is -0.116. The number of hydrogen-bond donors (Lipinski definition) is 1. The Hall–Kier alpha value is -2.23. The normalized spacial score (nSPS) is 10.3. The molecule has 0 bridgehead atoms. The SMILES string of the molecule is Cc1ccc(NC(=O)CCn2cccc2)cc1N(C)C. The van der Waals surface area contributed by atoms with Crippen LogP contribution in [-0.4, -0.2) is 24.6 Å². The quantitative estimate of drug-likeness (QED) is 0.908. The zero-order valence-electron chi connectivity index (χ0n) is 12.3. The molecule has 0 aliphatic heterocycles. The average molecular weight is 271 g/mol. The lowest BCUT2D eigenvalue weighted by atomic mass is 10.1. The smallest absolute Gasteiger partial charge is 0.226 e. The highest BCUT2D eigenvalue weighted by Gasteiger charge is 2.06. The Bertz CT molecular complexity index is 573. The first-order valence-electron chi connectivity index (χ1n) is 6.75. The van der Waals surface area contributed by atoms with Crippen LogP contribution in [0, 0.1) is 6.92 Å². The van der Waals surface area contributed by atoms with Gasteiger partial charge >= 0.3 is 0 Å². The molecular formula is C16H21N3O. The van der Waals surface area contributed by atoms with Gasteiger partial charge in [0.1, 0.15) is 0 Å². The lowest BCUT2D eigenvalue weighted by Crippen LogP contribution is -2.15. The molecular weight excluding hydrogens is 250 g/mol. The summed E-state index contributed by atoms with van der Waals surface area (Å²) in [5.74, 6) is 0.0345. The molecule has 1 heterocycles. The molecule has 0 saturated heterocycles. The van der Waals surface area contributed by atoms with E-state index in [0.717, 1.165) is 11.4 Å². The summed E-state index contributed by atoms with van der Waals surface area (Å²) < 4.78 is 2.00. The number of nitrogens with one attached hydrogen (secondary N) is 1. The second-order valence-corrected chi connectivity index (χ2v) is 5.11. The van der Waals surface area contributed by atoms with Crippen molar-refractivity contribution in [2.75, 3.05) is 24.3 Å². The lowest BCUT2D eigenvalue weighted by Gasteiger charge is -2.17. The van der Waals surface area contributed by atoms with E-state index in [1.165, 1.54) is 5.56 Å². The number of carbonyl (C=O) groups is 1. The number of hydrogen-bond acceptors (Lipinski definition) is 2. The van der Waals surface area contributed by atoms with Crippen LogP contribution < -0.4 is 10.2 Å². The van der Waals surface area contributed by atoms with E-state index >= 15 is 0 Å². The van der Waals surface area contributed by atoms with E-state index in [1.54, 1.807) is 0 Å². The van der Waals surface area contributed by atoms with Crippen molar-refractivity contribution in [3.63, 3.8) is 0 Å². The van der Waals surface area contributed by atoms with Gasteiger partial charge in [-0.3, -0.25) is 4.79 Å². The predicted octanol–water partition coefficient (Wildman–Crippen LogP) is 2.89. The Morgan fingerprint density at radius 2 is 1.95 bits per heavy atom. The van der Waals surface area contributed by atoms with Gasteiger partial charge in [0.25, 0.3) is 0 Å². The molecule has 0 aliphatic rings. The van der Waals surface area contributed by atoms with E-state index in [1.807, 2.05) is 66.3 Å². The van der Waals surface area contributed by atoms with Crippen LogP contribution in [0.5, 0.6) is 0 Å². The number of rotatable bonds is 5. The fraction of sp³-hybridized carbons (Fsp3) is 0.312. The van der Waals surface area contributed by atoms with Crippen molar-refractivity contribution in [3.05, 3.63) is 48.3 Å². The van der Waals surface area contributed by atoms with Crippen LogP contribution in [0.15, 0.2) is 42.7 Å². The van der Waals surface area contributed by atoms with Crippen molar-refractivity contribution in [2.24, 2.45) is 0 Å². The van der Waals surface area contributed by atoms with Gasteiger partial charge < -0.3 is 14.8 Å². The number of amides is 1. The van der Waals surface area contributed by atoms with Gasteiger partial charge in [0.05, 0.1) is 0 Å². The summed E-state index contributed by atoms with van der Waals surface area (Å²) in [5, 5.41) is 2.95. The highest BCUT2D eigenvalue weighted by atomic mass is 16.1. The first kappa shape index (κ1) is 14.2. The monoisotopic (exact) mass is 271 g/mol. The molecule has 20 heavy (non-hydrogen) atoms. The van der Waals surface area contributed by atoms with Crippen LogP contribution in [0.4, 0.5) is 11.4 Å². The minimum absolute atomic E-state index is 0.0345. The molecule has 1 N–H and O–H groups in total. The second kappa shape index (κ2) is 6.28. The van der Waals surface area contributed by atoms with E-state index in [9.17, 15) is 4.79 Å². The van der Waals surface area contributed by atoms with Crippen LogP contribution >= 0.6 is 0 Å². The first-order chi connectivity index (χ1) is 9.56. The van der Waals surface area contributed by atoms with Crippen molar-refractivity contribution >= 4 is 17.3 Å². The number of carbonyl (C=O) groups excluding carboxylic acids is 1. The van der Waals surface area contributed by atoms with Crippen LogP contribution in [0.25, 0.3) is 0 Å². The fourth-order valence-corrected chi connectivity index (χ4v) is 2.14. The molecule has 1 aromatic heterocycles. The van der Waals surface area contributed by atoms with E-state index in [4.69, 9.17) is 0 Å². The third kappa shape index (κ3) is 3.63. The van der Waals surface area contributed by atoms with Gasteiger partial charge in [0.2, 0.25) is 5.91 Å². The highest BCUT2D eigenvalue weighted by molar-refractivity contribution is 5.91. The third-order valence-corrected chi connectivity index (χ3v) is 3.24. The molecule has 4 heteroatoms. The summed E-state index contributed by atoms with van der Waals surface area (Å²) in [6, 6.07) is 9.89. The van der Waals surface area contributed by atoms with Crippen molar-refractivity contribution in [3.8, 4) is 0 Å². The summed E-state index contributed by atoms with van der Waals surface area (Å²) in [5.41, 5.74) is 3.16. The number of aromatic nitrogens is 1. The zero-order chi connectivity index (χ0) is 14.5. The van der Waals surface area contributed by atoms with Gasteiger partial charge in [-0.15, -0.1) is 0 Å². The summed E-state index contributed by atoms with van der Waals surface area (Å²) in [6.07, 6.45) is 4.40. The number of anilines is 2. The Balaban J connectivity index is 1.95. The molecule has 0 fully saturated rings. The molecule has 0 saturated carbocycles. The molecule has 0 unspecified atom stereocenters. The van der Waals surface area contributed by atoms with Crippen molar-refractivity contribution < 1.29 is 4.79 Å². The first-order valence-corrected chi connectivity index (χ1v) is 6.75. The van der Waals surface area contributed by atoms with Gasteiger partial charge in [0, 0.05) is 50.8 Å². The Kier molecular flexibility index (Phi) is 4.45. The summed E-state index contributed by atoms with van der Waals surface area (Å²) >= 11 is 0. The molecule has 4 nitrogen and oxygen atoms in total. The van der Waals surface area contributed by atoms with Crippen molar-refractivity contribution in [1.29, 1.82) is 0 Å². The molecule has 1 aromatic carbocycles. The van der Waals surface area contributed by atoms with Gasteiger partial charge in [-0.1, -0.05) is 6.07 Å². The molecule has 106 valence electrons. The maximum absolute atomic E-state index is 11.9. The minimum atomic E-state index is 0.0345. The number of nitrogens with zero attached hydrogens (tertiary/aromatic N) is 2. The van der Waals surface area contributed by atoms with Crippen LogP contribution in [-0.2, 0) is 11.3 Å². The van der Waals surface area contributed by atoms with E-state index in [-0.39, 0.29) is 5.91 Å². The minimum Gasteiger partial charge on any atom is -0.377 e. The topological polar surface area (TPSA) is 37.3 Å².